The summed E-state index contributed by atoms with van der Waals surface area (Å²) in [5, 5.41) is 10.7. The van der Waals surface area contributed by atoms with E-state index < -0.39 is 36.2 Å². The number of methoxy groups -OCH3 is 1. The van der Waals surface area contributed by atoms with Gasteiger partial charge in [0.1, 0.15) is 18.8 Å². The fourth-order valence-corrected chi connectivity index (χ4v) is 4.75. The quantitative estimate of drug-likeness (QED) is 0.284. The summed E-state index contributed by atoms with van der Waals surface area (Å²) >= 11 is 2.17. The van der Waals surface area contributed by atoms with Gasteiger partial charge in [-0.25, -0.2) is 9.59 Å². The van der Waals surface area contributed by atoms with E-state index >= 15 is 0 Å². The smallest absolute Gasteiger partial charge is 0.410 e. The van der Waals surface area contributed by atoms with Gasteiger partial charge in [-0.1, -0.05) is 52.9 Å². The number of hydrogen-bond donors (Lipinski definition) is 1. The normalized spacial score (nSPS) is 29.7. The SMILES string of the molecule is COC(=O)[C@@H]1C[C@H](O)[C@@H]2CC(=O)O[C@@H]2C(I)CCN1C(=O)OCc1ccccc1. The zero-order valence-corrected chi connectivity index (χ0v) is 18.2. The predicted molar refractivity (Wildman–Crippen MR) is 110 cm³/mol. The summed E-state index contributed by atoms with van der Waals surface area (Å²) in [6.45, 7) is 0.289. The summed E-state index contributed by atoms with van der Waals surface area (Å²) in [5.41, 5.74) is 0.827. The number of benzene rings is 1. The summed E-state index contributed by atoms with van der Waals surface area (Å²) in [4.78, 5) is 38.3. The molecule has 0 bridgehead atoms. The Balaban J connectivity index is 1.79. The topological polar surface area (TPSA) is 102 Å². The minimum Gasteiger partial charge on any atom is -0.467 e. The van der Waals surface area contributed by atoms with Crippen molar-refractivity contribution < 1.29 is 33.7 Å². The molecule has 2 heterocycles. The lowest BCUT2D eigenvalue weighted by atomic mass is 9.89. The minimum absolute atomic E-state index is 0.0473. The third-order valence-electron chi connectivity index (χ3n) is 5.34. The molecular weight excluding hydrogens is 493 g/mol. The molecule has 2 saturated heterocycles. The van der Waals surface area contributed by atoms with Crippen LogP contribution in [0.4, 0.5) is 4.79 Å². The average Bonchev–Trinajstić information content (AvgIpc) is 3.13. The molecule has 0 saturated carbocycles. The Morgan fingerprint density at radius 1 is 1.31 bits per heavy atom. The zero-order valence-electron chi connectivity index (χ0n) is 16.0. The maximum absolute atomic E-state index is 12.8. The van der Waals surface area contributed by atoms with Crippen LogP contribution in [0.1, 0.15) is 24.8 Å². The predicted octanol–water partition coefficient (Wildman–Crippen LogP) is 2.06. The molecule has 2 aliphatic heterocycles. The maximum Gasteiger partial charge on any atom is 0.410 e. The molecule has 1 aromatic rings. The number of aliphatic hydroxyl groups is 1. The first-order valence-corrected chi connectivity index (χ1v) is 10.7. The van der Waals surface area contributed by atoms with E-state index in [0.29, 0.717) is 6.42 Å². The number of halogens is 1. The molecule has 29 heavy (non-hydrogen) atoms. The van der Waals surface area contributed by atoms with E-state index in [1.54, 1.807) is 0 Å². The van der Waals surface area contributed by atoms with E-state index in [9.17, 15) is 19.5 Å². The maximum atomic E-state index is 12.8. The fourth-order valence-electron chi connectivity index (χ4n) is 3.79. The molecule has 1 unspecified atom stereocenters. The standard InChI is InChI=1S/C20H24INO7/c1-27-19(25)15-10-16(23)13-9-17(24)29-18(13)14(21)7-8-22(15)20(26)28-11-12-5-3-2-4-6-12/h2-6,13-16,18,23H,7-11H2,1H3/t13-,14?,15-,16-,18-/m0/s1. The molecule has 9 heteroatoms. The van der Waals surface area contributed by atoms with Crippen molar-refractivity contribution in [3.05, 3.63) is 35.9 Å². The average molecular weight is 517 g/mol. The Hall–Kier alpha value is -1.88. The Kier molecular flexibility index (Phi) is 7.33. The highest BCUT2D eigenvalue weighted by molar-refractivity contribution is 14.1. The van der Waals surface area contributed by atoms with Crippen molar-refractivity contribution in [1.82, 2.24) is 4.90 Å². The number of amides is 1. The molecule has 1 amide bonds. The number of ether oxygens (including phenoxy) is 3. The summed E-state index contributed by atoms with van der Waals surface area (Å²) in [6, 6.07) is 8.23. The Bertz CT molecular complexity index is 744. The van der Waals surface area contributed by atoms with Crippen LogP contribution in [0.25, 0.3) is 0 Å². The van der Waals surface area contributed by atoms with E-state index in [-0.39, 0.29) is 35.9 Å². The number of fused-ring (bicyclic) bond motifs is 1. The van der Waals surface area contributed by atoms with Crippen LogP contribution in [-0.2, 0) is 30.4 Å². The number of nitrogens with zero attached hydrogens (tertiary/aromatic N) is 1. The third kappa shape index (κ3) is 5.19. The van der Waals surface area contributed by atoms with Crippen molar-refractivity contribution in [2.24, 2.45) is 5.92 Å². The molecule has 5 atom stereocenters. The van der Waals surface area contributed by atoms with Crippen molar-refractivity contribution in [3.8, 4) is 0 Å². The van der Waals surface area contributed by atoms with Gasteiger partial charge in [-0.3, -0.25) is 9.69 Å². The zero-order chi connectivity index (χ0) is 21.0. The summed E-state index contributed by atoms with van der Waals surface area (Å²) in [5.74, 6) is -1.40. The van der Waals surface area contributed by atoms with E-state index in [1.165, 1.54) is 12.0 Å². The van der Waals surface area contributed by atoms with Crippen LogP contribution in [0.3, 0.4) is 0 Å². The highest BCUT2D eigenvalue weighted by Gasteiger charge is 2.47. The van der Waals surface area contributed by atoms with Crippen LogP contribution in [0.15, 0.2) is 30.3 Å². The van der Waals surface area contributed by atoms with E-state index in [0.717, 1.165) is 5.56 Å². The minimum atomic E-state index is -1.00. The van der Waals surface area contributed by atoms with Gasteiger partial charge < -0.3 is 19.3 Å². The number of carbonyl (C=O) groups is 3. The molecule has 1 N–H and O–H groups in total. The molecule has 8 nitrogen and oxygen atoms in total. The molecule has 1 aromatic carbocycles. The highest BCUT2D eigenvalue weighted by Crippen LogP contribution is 2.36. The fraction of sp³-hybridized carbons (Fsp3) is 0.550. The van der Waals surface area contributed by atoms with Crippen molar-refractivity contribution in [1.29, 1.82) is 0 Å². The number of esters is 2. The van der Waals surface area contributed by atoms with Crippen LogP contribution >= 0.6 is 22.6 Å². The van der Waals surface area contributed by atoms with Gasteiger partial charge in [-0.15, -0.1) is 0 Å². The van der Waals surface area contributed by atoms with E-state index in [1.807, 2.05) is 30.3 Å². The monoisotopic (exact) mass is 517 g/mol. The van der Waals surface area contributed by atoms with Gasteiger partial charge in [0.25, 0.3) is 0 Å². The van der Waals surface area contributed by atoms with Crippen LogP contribution < -0.4 is 0 Å². The first kappa shape index (κ1) is 21.8. The van der Waals surface area contributed by atoms with Gasteiger partial charge in [0.2, 0.25) is 0 Å². The Morgan fingerprint density at radius 3 is 2.72 bits per heavy atom. The molecule has 0 radical (unpaired) electrons. The molecule has 158 valence electrons. The van der Waals surface area contributed by atoms with Crippen LogP contribution in [0.5, 0.6) is 0 Å². The lowest BCUT2D eigenvalue weighted by molar-refractivity contribution is -0.148. The van der Waals surface area contributed by atoms with Crippen LogP contribution in [0, 0.1) is 5.92 Å². The van der Waals surface area contributed by atoms with E-state index in [4.69, 9.17) is 14.2 Å². The molecule has 3 rings (SSSR count). The van der Waals surface area contributed by atoms with Crippen molar-refractivity contribution in [2.75, 3.05) is 13.7 Å². The lowest BCUT2D eigenvalue weighted by Crippen LogP contribution is -2.48. The largest absolute Gasteiger partial charge is 0.467 e. The molecule has 2 fully saturated rings. The van der Waals surface area contributed by atoms with Gasteiger partial charge in [0.15, 0.2) is 0 Å². The van der Waals surface area contributed by atoms with Gasteiger partial charge in [0, 0.05) is 18.9 Å². The Labute approximate surface area is 182 Å². The number of hydrogen-bond acceptors (Lipinski definition) is 7. The number of rotatable bonds is 3. The van der Waals surface area contributed by atoms with Crippen LogP contribution in [-0.4, -0.2) is 63.9 Å². The number of alkyl halides is 1. The molecule has 0 spiro atoms. The summed E-state index contributed by atoms with van der Waals surface area (Å²) in [7, 11) is 1.24. The molecule has 0 aliphatic carbocycles. The number of aliphatic hydroxyl groups excluding tert-OH is 1. The van der Waals surface area contributed by atoms with Gasteiger partial charge in [-0.05, 0) is 12.0 Å². The van der Waals surface area contributed by atoms with Gasteiger partial charge in [0.05, 0.1) is 23.6 Å². The van der Waals surface area contributed by atoms with Gasteiger partial charge in [-0.2, -0.15) is 0 Å². The first-order chi connectivity index (χ1) is 13.9. The summed E-state index contributed by atoms with van der Waals surface area (Å²) in [6.07, 6.45) is -1.56. The summed E-state index contributed by atoms with van der Waals surface area (Å²) < 4.78 is 15.6. The van der Waals surface area contributed by atoms with Crippen molar-refractivity contribution in [2.45, 2.75) is 48.0 Å². The van der Waals surface area contributed by atoms with Gasteiger partial charge >= 0.3 is 18.0 Å². The van der Waals surface area contributed by atoms with Crippen molar-refractivity contribution in [3.63, 3.8) is 0 Å². The second-order valence-electron chi connectivity index (χ2n) is 7.20. The van der Waals surface area contributed by atoms with Crippen molar-refractivity contribution >= 4 is 40.6 Å². The highest BCUT2D eigenvalue weighted by atomic mass is 127. The number of carbonyl (C=O) groups excluding carboxylic acids is 3. The molecule has 2 aliphatic rings. The Morgan fingerprint density at radius 2 is 2.03 bits per heavy atom. The molecular formula is C20H24INO7. The third-order valence-corrected chi connectivity index (χ3v) is 6.67. The second kappa shape index (κ2) is 9.75. The molecule has 0 aromatic heterocycles. The van der Waals surface area contributed by atoms with E-state index in [2.05, 4.69) is 22.6 Å². The second-order valence-corrected chi connectivity index (χ2v) is 8.80. The van der Waals surface area contributed by atoms with Crippen LogP contribution in [0.2, 0.25) is 0 Å². The lowest BCUT2D eigenvalue weighted by Gasteiger charge is -2.30. The first-order valence-electron chi connectivity index (χ1n) is 9.47.